The van der Waals surface area contributed by atoms with Gasteiger partial charge in [0.1, 0.15) is 0 Å². The molecule has 1 aromatic heterocycles. The lowest BCUT2D eigenvalue weighted by Crippen LogP contribution is -2.50. The fraction of sp³-hybridized carbons (Fsp3) is 0.643. The Labute approximate surface area is 108 Å². The lowest BCUT2D eigenvalue weighted by atomic mass is 9.97. The maximum atomic E-state index is 11.6. The molecule has 0 spiro atoms. The molecule has 4 nitrogen and oxygen atoms in total. The van der Waals surface area contributed by atoms with Crippen LogP contribution < -0.4 is 11.3 Å². The van der Waals surface area contributed by atoms with Crippen LogP contribution in [0.5, 0.6) is 0 Å². The third-order valence-electron chi connectivity index (χ3n) is 3.80. The minimum Gasteiger partial charge on any atom is -0.327 e. The van der Waals surface area contributed by atoms with Crippen molar-refractivity contribution in [3.63, 3.8) is 0 Å². The van der Waals surface area contributed by atoms with Gasteiger partial charge in [0.15, 0.2) is 0 Å². The van der Waals surface area contributed by atoms with E-state index in [1.165, 1.54) is 19.3 Å². The maximum absolute atomic E-state index is 11.6. The number of pyridine rings is 1. The number of aromatic nitrogens is 1. The second kappa shape index (κ2) is 6.16. The van der Waals surface area contributed by atoms with E-state index in [2.05, 4.69) is 11.8 Å². The van der Waals surface area contributed by atoms with E-state index in [1.807, 2.05) is 12.3 Å². The van der Waals surface area contributed by atoms with E-state index in [4.69, 9.17) is 5.73 Å². The molecule has 18 heavy (non-hydrogen) atoms. The predicted molar refractivity (Wildman–Crippen MR) is 73.6 cm³/mol. The lowest BCUT2D eigenvalue weighted by Gasteiger charge is -2.38. The van der Waals surface area contributed by atoms with Crippen LogP contribution in [0.1, 0.15) is 26.2 Å². The standard InChI is InChI=1S/C14H23N3O/c1-12(15)13-6-2-4-8-16(13)10-11-17-9-5-3-7-14(17)18/h3,5,7,9,12-13H,2,4,6,8,10-11,15H2,1H3. The number of hydrogen-bond acceptors (Lipinski definition) is 3. The molecule has 2 atom stereocenters. The first-order chi connectivity index (χ1) is 8.68. The summed E-state index contributed by atoms with van der Waals surface area (Å²) in [6, 6.07) is 5.97. The molecule has 100 valence electrons. The second-order valence-corrected chi connectivity index (χ2v) is 5.19. The Morgan fingerprint density at radius 3 is 2.94 bits per heavy atom. The highest BCUT2D eigenvalue weighted by molar-refractivity contribution is 4.93. The SMILES string of the molecule is CC(N)C1CCCCN1CCn1ccccc1=O. The van der Waals surface area contributed by atoms with Gasteiger partial charge in [-0.05, 0) is 32.4 Å². The number of piperidine rings is 1. The summed E-state index contributed by atoms with van der Waals surface area (Å²) in [5.41, 5.74) is 6.12. The quantitative estimate of drug-likeness (QED) is 0.868. The molecule has 0 radical (unpaired) electrons. The van der Waals surface area contributed by atoms with Crippen LogP contribution in [-0.4, -0.2) is 34.6 Å². The van der Waals surface area contributed by atoms with Crippen LogP contribution in [0.3, 0.4) is 0 Å². The molecule has 1 aliphatic rings. The third-order valence-corrected chi connectivity index (χ3v) is 3.80. The zero-order valence-corrected chi connectivity index (χ0v) is 11.1. The number of hydrogen-bond donors (Lipinski definition) is 1. The van der Waals surface area contributed by atoms with Gasteiger partial charge in [-0.1, -0.05) is 12.5 Å². The third kappa shape index (κ3) is 3.21. The van der Waals surface area contributed by atoms with Crippen LogP contribution in [0.4, 0.5) is 0 Å². The van der Waals surface area contributed by atoms with Crippen LogP contribution in [0.25, 0.3) is 0 Å². The first-order valence-electron chi connectivity index (χ1n) is 6.83. The molecule has 0 saturated carbocycles. The van der Waals surface area contributed by atoms with Crippen LogP contribution >= 0.6 is 0 Å². The molecule has 1 saturated heterocycles. The molecule has 2 heterocycles. The highest BCUT2D eigenvalue weighted by Crippen LogP contribution is 2.18. The topological polar surface area (TPSA) is 51.3 Å². The van der Waals surface area contributed by atoms with Gasteiger partial charge in [0, 0.05) is 37.4 Å². The van der Waals surface area contributed by atoms with E-state index in [0.717, 1.165) is 19.6 Å². The van der Waals surface area contributed by atoms with Gasteiger partial charge in [-0.2, -0.15) is 0 Å². The predicted octanol–water partition coefficient (Wildman–Crippen LogP) is 1.05. The van der Waals surface area contributed by atoms with E-state index in [9.17, 15) is 4.79 Å². The van der Waals surface area contributed by atoms with Gasteiger partial charge in [-0.3, -0.25) is 9.69 Å². The molecule has 1 fully saturated rings. The highest BCUT2D eigenvalue weighted by Gasteiger charge is 2.24. The monoisotopic (exact) mass is 249 g/mol. The van der Waals surface area contributed by atoms with Crippen molar-refractivity contribution in [3.05, 3.63) is 34.7 Å². The van der Waals surface area contributed by atoms with E-state index < -0.39 is 0 Å². The van der Waals surface area contributed by atoms with Gasteiger partial charge in [-0.25, -0.2) is 0 Å². The first-order valence-corrected chi connectivity index (χ1v) is 6.83. The van der Waals surface area contributed by atoms with E-state index in [-0.39, 0.29) is 11.6 Å². The van der Waals surface area contributed by atoms with Crippen LogP contribution in [0, 0.1) is 0 Å². The largest absolute Gasteiger partial charge is 0.327 e. The molecular formula is C14H23N3O. The van der Waals surface area contributed by atoms with Crippen LogP contribution in [-0.2, 0) is 6.54 Å². The fourth-order valence-electron chi connectivity index (χ4n) is 2.77. The Kier molecular flexibility index (Phi) is 4.55. The molecule has 0 bridgehead atoms. The molecule has 1 aromatic rings. The first kappa shape index (κ1) is 13.3. The molecular weight excluding hydrogens is 226 g/mol. The van der Waals surface area contributed by atoms with Gasteiger partial charge in [0.2, 0.25) is 0 Å². The van der Waals surface area contributed by atoms with Gasteiger partial charge in [0.05, 0.1) is 0 Å². The van der Waals surface area contributed by atoms with Crippen molar-refractivity contribution in [3.8, 4) is 0 Å². The van der Waals surface area contributed by atoms with Crippen LogP contribution in [0.2, 0.25) is 0 Å². The zero-order valence-electron chi connectivity index (χ0n) is 11.1. The Balaban J connectivity index is 1.96. The molecule has 0 amide bonds. The fourth-order valence-corrected chi connectivity index (χ4v) is 2.77. The minimum atomic E-state index is 0.0758. The van der Waals surface area contributed by atoms with Gasteiger partial charge in [0.25, 0.3) is 5.56 Å². The summed E-state index contributed by atoms with van der Waals surface area (Å²) in [6.45, 7) is 4.85. The number of nitrogens with two attached hydrogens (primary N) is 1. The Morgan fingerprint density at radius 1 is 1.39 bits per heavy atom. The van der Waals surface area contributed by atoms with Crippen molar-refractivity contribution in [2.45, 2.75) is 44.8 Å². The molecule has 2 unspecified atom stereocenters. The number of nitrogens with zero attached hydrogens (tertiary/aromatic N) is 2. The van der Waals surface area contributed by atoms with Gasteiger partial charge in [-0.15, -0.1) is 0 Å². The van der Waals surface area contributed by atoms with Gasteiger partial charge < -0.3 is 10.3 Å². The Bertz CT molecular complexity index is 427. The second-order valence-electron chi connectivity index (χ2n) is 5.19. The minimum absolute atomic E-state index is 0.0758. The molecule has 0 aliphatic carbocycles. The molecule has 1 aliphatic heterocycles. The van der Waals surface area contributed by atoms with Crippen molar-refractivity contribution in [2.75, 3.05) is 13.1 Å². The average Bonchev–Trinajstić information content (AvgIpc) is 2.38. The summed E-state index contributed by atoms with van der Waals surface area (Å²) in [6.07, 6.45) is 5.55. The summed E-state index contributed by atoms with van der Waals surface area (Å²) in [5.74, 6) is 0. The molecule has 2 rings (SSSR count). The Hall–Kier alpha value is -1.13. The van der Waals surface area contributed by atoms with Gasteiger partial charge >= 0.3 is 0 Å². The van der Waals surface area contributed by atoms with Crippen molar-refractivity contribution in [1.29, 1.82) is 0 Å². The zero-order chi connectivity index (χ0) is 13.0. The number of likely N-dealkylation sites (tertiary alicyclic amines) is 1. The Morgan fingerprint density at radius 2 is 2.22 bits per heavy atom. The molecule has 4 heteroatoms. The molecule has 0 aromatic carbocycles. The normalized spacial score (nSPS) is 22.9. The van der Waals surface area contributed by atoms with E-state index >= 15 is 0 Å². The summed E-state index contributed by atoms with van der Waals surface area (Å²) < 4.78 is 1.77. The lowest BCUT2D eigenvalue weighted by molar-refractivity contribution is 0.125. The van der Waals surface area contributed by atoms with E-state index in [0.29, 0.717) is 6.04 Å². The summed E-state index contributed by atoms with van der Waals surface area (Å²) >= 11 is 0. The summed E-state index contributed by atoms with van der Waals surface area (Å²) in [4.78, 5) is 14.1. The number of rotatable bonds is 4. The smallest absolute Gasteiger partial charge is 0.250 e. The van der Waals surface area contributed by atoms with Crippen LogP contribution in [0.15, 0.2) is 29.2 Å². The molecule has 2 N–H and O–H groups in total. The maximum Gasteiger partial charge on any atom is 0.250 e. The van der Waals surface area contributed by atoms with Crippen molar-refractivity contribution < 1.29 is 0 Å². The van der Waals surface area contributed by atoms with Crippen molar-refractivity contribution >= 4 is 0 Å². The van der Waals surface area contributed by atoms with Crippen molar-refractivity contribution in [1.82, 2.24) is 9.47 Å². The highest BCUT2D eigenvalue weighted by atomic mass is 16.1. The van der Waals surface area contributed by atoms with E-state index in [1.54, 1.807) is 16.7 Å². The van der Waals surface area contributed by atoms with Crippen molar-refractivity contribution in [2.24, 2.45) is 5.73 Å². The average molecular weight is 249 g/mol. The summed E-state index contributed by atoms with van der Waals surface area (Å²) in [7, 11) is 0. The summed E-state index contributed by atoms with van der Waals surface area (Å²) in [5, 5.41) is 0.